The molecule has 0 aliphatic carbocycles. The maximum Gasteiger partial charge on any atom is 0.339 e. The molecule has 1 aliphatic rings. The molecule has 0 radical (unpaired) electrons. The van der Waals surface area contributed by atoms with Crippen molar-refractivity contribution >= 4 is 62.3 Å². The average molecular weight is 564 g/mol. The lowest BCUT2D eigenvalue weighted by atomic mass is 10.1. The normalized spacial score (nSPS) is 15.0. The molecule has 3 aromatic carbocycles. The van der Waals surface area contributed by atoms with Crippen LogP contribution >= 0.6 is 35.0 Å². The third-order valence-electron chi connectivity index (χ3n) is 4.98. The molecule has 7 nitrogen and oxygen atoms in total. The number of thioether (sulfide) groups is 1. The molecule has 11 heteroatoms. The highest BCUT2D eigenvalue weighted by atomic mass is 35.5. The Morgan fingerprint density at radius 1 is 1.00 bits per heavy atom. The van der Waals surface area contributed by atoms with Crippen molar-refractivity contribution in [2.75, 3.05) is 6.61 Å². The predicted octanol–water partition coefficient (Wildman–Crippen LogP) is 6.40. The Morgan fingerprint density at radius 2 is 1.69 bits per heavy atom. The minimum atomic E-state index is -4.17. The first-order valence-electron chi connectivity index (χ1n) is 10.6. The van der Waals surface area contributed by atoms with Crippen molar-refractivity contribution in [3.8, 4) is 11.5 Å². The SMILES string of the molecule is CCOc1cc(/C=C2\SC(=O)N(Cc3ccc(Cl)cc3)C2=O)cc(Cl)c1OS(=O)(=O)c1ccccc1. The highest BCUT2D eigenvalue weighted by molar-refractivity contribution is 8.18. The zero-order valence-electron chi connectivity index (χ0n) is 18.8. The monoisotopic (exact) mass is 563 g/mol. The molecule has 1 heterocycles. The van der Waals surface area contributed by atoms with Gasteiger partial charge in [0.15, 0.2) is 5.75 Å². The van der Waals surface area contributed by atoms with Gasteiger partial charge < -0.3 is 8.92 Å². The Balaban J connectivity index is 1.61. The predicted molar refractivity (Wildman–Crippen MR) is 140 cm³/mol. The number of ether oxygens (including phenoxy) is 1. The van der Waals surface area contributed by atoms with E-state index in [9.17, 15) is 18.0 Å². The van der Waals surface area contributed by atoms with Gasteiger partial charge in [-0.05, 0) is 72.3 Å². The molecule has 2 amide bonds. The Bertz CT molecular complexity index is 1440. The van der Waals surface area contributed by atoms with Gasteiger partial charge in [-0.25, -0.2) is 0 Å². The Labute approximate surface area is 222 Å². The van der Waals surface area contributed by atoms with E-state index in [1.807, 2.05) is 0 Å². The van der Waals surface area contributed by atoms with E-state index in [2.05, 4.69) is 0 Å². The summed E-state index contributed by atoms with van der Waals surface area (Å²) >= 11 is 13.1. The Hall–Kier alpha value is -2.98. The van der Waals surface area contributed by atoms with Gasteiger partial charge in [0.05, 0.1) is 23.1 Å². The quantitative estimate of drug-likeness (QED) is 0.231. The van der Waals surface area contributed by atoms with Crippen LogP contribution in [0.15, 0.2) is 76.5 Å². The van der Waals surface area contributed by atoms with Crippen molar-refractivity contribution in [2.24, 2.45) is 0 Å². The molecule has 1 aliphatic heterocycles. The largest absolute Gasteiger partial charge is 0.490 e. The number of amides is 2. The maximum atomic E-state index is 12.9. The molecular weight excluding hydrogens is 545 g/mol. The van der Waals surface area contributed by atoms with Gasteiger partial charge >= 0.3 is 10.1 Å². The van der Waals surface area contributed by atoms with Crippen molar-refractivity contribution in [3.05, 3.63) is 92.8 Å². The highest BCUT2D eigenvalue weighted by Gasteiger charge is 2.35. The molecule has 0 aromatic heterocycles. The number of benzene rings is 3. The van der Waals surface area contributed by atoms with Crippen LogP contribution in [0.5, 0.6) is 11.5 Å². The zero-order valence-corrected chi connectivity index (χ0v) is 22.0. The molecule has 0 unspecified atom stereocenters. The molecule has 0 atom stereocenters. The second kappa shape index (κ2) is 11.0. The van der Waals surface area contributed by atoms with Crippen LogP contribution in [-0.2, 0) is 21.5 Å². The van der Waals surface area contributed by atoms with Crippen LogP contribution < -0.4 is 8.92 Å². The number of rotatable bonds is 8. The lowest BCUT2D eigenvalue weighted by molar-refractivity contribution is -0.123. The fraction of sp³-hybridized carbons (Fsp3) is 0.120. The topological polar surface area (TPSA) is 90.0 Å². The van der Waals surface area contributed by atoms with Crippen LogP contribution in [0.25, 0.3) is 6.08 Å². The number of halogens is 2. The minimum absolute atomic E-state index is 0.0351. The molecule has 0 bridgehead atoms. The maximum absolute atomic E-state index is 12.9. The number of nitrogens with zero attached hydrogens (tertiary/aromatic N) is 1. The summed E-state index contributed by atoms with van der Waals surface area (Å²) in [6.45, 7) is 2.03. The summed E-state index contributed by atoms with van der Waals surface area (Å²) in [7, 11) is -4.17. The van der Waals surface area contributed by atoms with E-state index in [4.69, 9.17) is 32.1 Å². The van der Waals surface area contributed by atoms with Gasteiger partial charge in [0.1, 0.15) is 4.90 Å². The number of imide groups is 1. The molecule has 4 rings (SSSR count). The summed E-state index contributed by atoms with van der Waals surface area (Å²) < 4.78 is 36.3. The second-order valence-corrected chi connectivity index (χ2v) is 10.9. The third-order valence-corrected chi connectivity index (χ3v) is 7.66. The van der Waals surface area contributed by atoms with Gasteiger partial charge in [-0.15, -0.1) is 0 Å². The summed E-state index contributed by atoms with van der Waals surface area (Å²) in [6, 6.07) is 17.4. The zero-order chi connectivity index (χ0) is 25.9. The third kappa shape index (κ3) is 5.87. The van der Waals surface area contributed by atoms with Crippen molar-refractivity contribution in [2.45, 2.75) is 18.4 Å². The van der Waals surface area contributed by atoms with E-state index < -0.39 is 21.3 Å². The first-order chi connectivity index (χ1) is 17.2. The van der Waals surface area contributed by atoms with E-state index in [1.165, 1.54) is 30.3 Å². The lowest BCUT2D eigenvalue weighted by Gasteiger charge is -2.14. The molecule has 0 N–H and O–H groups in total. The number of hydrogen-bond acceptors (Lipinski definition) is 7. The molecule has 0 spiro atoms. The van der Waals surface area contributed by atoms with Gasteiger partial charge in [0.25, 0.3) is 11.1 Å². The van der Waals surface area contributed by atoms with Gasteiger partial charge in [-0.1, -0.05) is 53.5 Å². The molecule has 1 fully saturated rings. The van der Waals surface area contributed by atoms with Gasteiger partial charge in [-0.2, -0.15) is 8.42 Å². The van der Waals surface area contributed by atoms with Crippen molar-refractivity contribution in [1.82, 2.24) is 4.90 Å². The van der Waals surface area contributed by atoms with E-state index in [0.29, 0.717) is 10.6 Å². The van der Waals surface area contributed by atoms with Crippen molar-refractivity contribution < 1.29 is 26.9 Å². The van der Waals surface area contributed by atoms with E-state index in [0.717, 1.165) is 22.2 Å². The van der Waals surface area contributed by atoms with Crippen LogP contribution in [0.4, 0.5) is 4.79 Å². The van der Waals surface area contributed by atoms with Crippen LogP contribution in [0.2, 0.25) is 10.0 Å². The van der Waals surface area contributed by atoms with Crippen LogP contribution in [0, 0.1) is 0 Å². The smallest absolute Gasteiger partial charge is 0.339 e. The first kappa shape index (κ1) is 26.1. The van der Waals surface area contributed by atoms with E-state index in [-0.39, 0.29) is 39.5 Å². The summed E-state index contributed by atoms with van der Waals surface area (Å²) in [4.78, 5) is 26.7. The van der Waals surface area contributed by atoms with Gasteiger partial charge in [0.2, 0.25) is 5.75 Å². The van der Waals surface area contributed by atoms with E-state index in [1.54, 1.807) is 49.4 Å². The average Bonchev–Trinajstić information content (AvgIpc) is 3.10. The van der Waals surface area contributed by atoms with Crippen LogP contribution in [0.1, 0.15) is 18.1 Å². The molecule has 36 heavy (non-hydrogen) atoms. The minimum Gasteiger partial charge on any atom is -0.490 e. The molecule has 186 valence electrons. The fourth-order valence-electron chi connectivity index (χ4n) is 3.32. The van der Waals surface area contributed by atoms with E-state index >= 15 is 0 Å². The summed E-state index contributed by atoms with van der Waals surface area (Å²) in [5.41, 5.74) is 1.19. The summed E-state index contributed by atoms with van der Waals surface area (Å²) in [6.07, 6.45) is 1.50. The molecule has 0 saturated carbocycles. The molecular formula is C25H19Cl2NO6S2. The Morgan fingerprint density at radius 3 is 2.36 bits per heavy atom. The van der Waals surface area contributed by atoms with Crippen molar-refractivity contribution in [3.63, 3.8) is 0 Å². The van der Waals surface area contributed by atoms with Gasteiger partial charge in [-0.3, -0.25) is 14.5 Å². The summed E-state index contributed by atoms with van der Waals surface area (Å²) in [5, 5.41) is 0.108. The standard InChI is InChI=1S/C25H19Cl2NO6S2/c1-2-33-21-13-17(12-20(27)23(21)34-36(31,32)19-6-4-3-5-7-19)14-22-24(29)28(25(30)35-22)15-16-8-10-18(26)11-9-16/h3-14H,2,15H2,1H3/b22-14-. The number of hydrogen-bond donors (Lipinski definition) is 0. The Kier molecular flexibility index (Phi) is 7.94. The van der Waals surface area contributed by atoms with Crippen LogP contribution in [0.3, 0.4) is 0 Å². The highest BCUT2D eigenvalue weighted by Crippen LogP contribution is 2.40. The lowest BCUT2D eigenvalue weighted by Crippen LogP contribution is -2.27. The number of carbonyl (C=O) groups excluding carboxylic acids is 2. The van der Waals surface area contributed by atoms with Gasteiger partial charge in [0, 0.05) is 5.02 Å². The van der Waals surface area contributed by atoms with Crippen molar-refractivity contribution in [1.29, 1.82) is 0 Å². The first-order valence-corrected chi connectivity index (χ1v) is 13.6. The van der Waals surface area contributed by atoms with Crippen LogP contribution in [-0.4, -0.2) is 31.1 Å². The molecule has 1 saturated heterocycles. The second-order valence-electron chi connectivity index (χ2n) is 7.51. The molecule has 3 aromatic rings. The summed E-state index contributed by atoms with van der Waals surface area (Å²) in [5.74, 6) is -0.549. The number of carbonyl (C=O) groups is 2. The fourth-order valence-corrected chi connectivity index (χ4v) is 5.57.